The lowest BCUT2D eigenvalue weighted by atomic mass is 10.1. The smallest absolute Gasteiger partial charge is 0.253 e. The van der Waals surface area contributed by atoms with Gasteiger partial charge in [0.2, 0.25) is 11.1 Å². The second kappa shape index (κ2) is 6.87. The zero-order valence-corrected chi connectivity index (χ0v) is 15.8. The van der Waals surface area contributed by atoms with E-state index < -0.39 is 0 Å². The number of hydrogen-bond acceptors (Lipinski definition) is 6. The predicted molar refractivity (Wildman–Crippen MR) is 95.7 cm³/mol. The number of aryl methyl sites for hydroxylation is 3. The Balaban J connectivity index is 1.80. The Kier molecular flexibility index (Phi) is 4.80. The van der Waals surface area contributed by atoms with Gasteiger partial charge in [0.15, 0.2) is 0 Å². The van der Waals surface area contributed by atoms with Crippen molar-refractivity contribution >= 4 is 23.4 Å². The van der Waals surface area contributed by atoms with Crippen molar-refractivity contribution in [2.45, 2.75) is 45.3 Å². The molecule has 8 heteroatoms. The van der Waals surface area contributed by atoms with Crippen molar-refractivity contribution in [1.29, 1.82) is 0 Å². The van der Waals surface area contributed by atoms with Crippen molar-refractivity contribution in [3.8, 4) is 0 Å². The molecule has 7 nitrogen and oxygen atoms in total. The van der Waals surface area contributed by atoms with Crippen LogP contribution in [0.1, 0.15) is 41.4 Å². The van der Waals surface area contributed by atoms with Crippen LogP contribution in [0.25, 0.3) is 5.78 Å². The van der Waals surface area contributed by atoms with Gasteiger partial charge in [0.05, 0.1) is 12.5 Å². The number of nitrogens with one attached hydrogen (secondary N) is 1. The van der Waals surface area contributed by atoms with Gasteiger partial charge < -0.3 is 9.73 Å². The van der Waals surface area contributed by atoms with E-state index in [9.17, 15) is 4.79 Å². The van der Waals surface area contributed by atoms with Gasteiger partial charge in [-0.15, -0.1) is 5.10 Å². The molecule has 0 aliphatic rings. The molecule has 1 atom stereocenters. The van der Waals surface area contributed by atoms with Crippen molar-refractivity contribution in [3.05, 3.63) is 40.6 Å². The summed E-state index contributed by atoms with van der Waals surface area (Å²) in [5.41, 5.74) is 2.54. The molecule has 0 bridgehead atoms. The van der Waals surface area contributed by atoms with Crippen LogP contribution >= 0.6 is 11.8 Å². The molecule has 0 radical (unpaired) electrons. The predicted octanol–water partition coefficient (Wildman–Crippen LogP) is 2.78. The van der Waals surface area contributed by atoms with Gasteiger partial charge in [-0.1, -0.05) is 11.8 Å². The number of fused-ring (bicyclic) bond motifs is 1. The van der Waals surface area contributed by atoms with Crippen molar-refractivity contribution in [2.75, 3.05) is 6.26 Å². The minimum Gasteiger partial charge on any atom is -0.464 e. The van der Waals surface area contributed by atoms with Gasteiger partial charge in [0.1, 0.15) is 11.5 Å². The van der Waals surface area contributed by atoms with Crippen LogP contribution in [-0.2, 0) is 11.2 Å². The summed E-state index contributed by atoms with van der Waals surface area (Å²) in [5.74, 6) is 2.05. The van der Waals surface area contributed by atoms with Crippen molar-refractivity contribution in [1.82, 2.24) is 24.9 Å². The summed E-state index contributed by atoms with van der Waals surface area (Å²) in [6.07, 6.45) is 2.15. The van der Waals surface area contributed by atoms with Crippen molar-refractivity contribution in [3.63, 3.8) is 0 Å². The Morgan fingerprint density at radius 2 is 2.08 bits per heavy atom. The number of aromatic nitrogens is 4. The molecule has 0 spiro atoms. The lowest BCUT2D eigenvalue weighted by Gasteiger charge is -2.14. The maximum atomic E-state index is 12.5. The number of nitrogens with zero attached hydrogens (tertiary/aromatic N) is 4. The van der Waals surface area contributed by atoms with Gasteiger partial charge in [-0.05, 0) is 46.1 Å². The Bertz CT molecular complexity index is 931. The highest BCUT2D eigenvalue weighted by molar-refractivity contribution is 7.98. The van der Waals surface area contributed by atoms with Crippen LogP contribution in [0.15, 0.2) is 21.7 Å². The van der Waals surface area contributed by atoms with Crippen LogP contribution in [0.2, 0.25) is 0 Å². The first-order valence-electron chi connectivity index (χ1n) is 8.01. The normalized spacial score (nSPS) is 12.5. The number of furan rings is 1. The molecule has 0 aromatic carbocycles. The van der Waals surface area contributed by atoms with E-state index in [1.54, 1.807) is 4.52 Å². The first kappa shape index (κ1) is 17.5. The Hall–Kier alpha value is -2.35. The molecule has 3 aromatic heterocycles. The van der Waals surface area contributed by atoms with E-state index in [1.165, 1.54) is 11.8 Å². The van der Waals surface area contributed by atoms with Crippen LogP contribution in [0.4, 0.5) is 0 Å². The van der Waals surface area contributed by atoms with Crippen LogP contribution in [0.3, 0.4) is 0 Å². The minimum absolute atomic E-state index is 0.0842. The van der Waals surface area contributed by atoms with Crippen molar-refractivity contribution in [2.24, 2.45) is 0 Å². The number of amides is 1. The summed E-state index contributed by atoms with van der Waals surface area (Å²) >= 11 is 1.46. The van der Waals surface area contributed by atoms with E-state index in [0.29, 0.717) is 10.9 Å². The van der Waals surface area contributed by atoms with E-state index in [2.05, 4.69) is 20.4 Å². The molecule has 132 valence electrons. The molecule has 0 fully saturated rings. The number of thioether (sulfide) groups is 1. The third kappa shape index (κ3) is 3.53. The fraction of sp³-hybridized carbons (Fsp3) is 0.412. The molecular formula is C17H21N5O2S. The van der Waals surface area contributed by atoms with Gasteiger partial charge in [0, 0.05) is 17.0 Å². The fourth-order valence-electron chi connectivity index (χ4n) is 2.74. The van der Waals surface area contributed by atoms with E-state index in [4.69, 9.17) is 4.42 Å². The molecule has 3 heterocycles. The summed E-state index contributed by atoms with van der Waals surface area (Å²) in [7, 11) is 0. The maximum absolute atomic E-state index is 12.5. The third-order valence-electron chi connectivity index (χ3n) is 4.11. The lowest BCUT2D eigenvalue weighted by Crippen LogP contribution is -2.28. The second-order valence-electron chi connectivity index (χ2n) is 5.99. The molecule has 0 aliphatic carbocycles. The average molecular weight is 359 g/mol. The minimum atomic E-state index is -0.187. The molecule has 0 saturated carbocycles. The van der Waals surface area contributed by atoms with Crippen LogP contribution in [0.5, 0.6) is 0 Å². The summed E-state index contributed by atoms with van der Waals surface area (Å²) in [6.45, 7) is 7.61. The molecule has 1 amide bonds. The van der Waals surface area contributed by atoms with E-state index >= 15 is 0 Å². The van der Waals surface area contributed by atoms with Gasteiger partial charge >= 0.3 is 0 Å². The Morgan fingerprint density at radius 1 is 1.32 bits per heavy atom. The lowest BCUT2D eigenvalue weighted by molar-refractivity contribution is -0.121. The first-order valence-corrected chi connectivity index (χ1v) is 9.24. The summed E-state index contributed by atoms with van der Waals surface area (Å²) in [5, 5.41) is 8.04. The zero-order chi connectivity index (χ0) is 18.1. The monoisotopic (exact) mass is 359 g/mol. The van der Waals surface area contributed by atoms with Crippen molar-refractivity contribution < 1.29 is 9.21 Å². The molecular weight excluding hydrogens is 338 g/mol. The van der Waals surface area contributed by atoms with Gasteiger partial charge in [0.25, 0.3) is 5.78 Å². The topological polar surface area (TPSA) is 85.3 Å². The molecule has 3 rings (SSSR count). The van der Waals surface area contributed by atoms with E-state index in [0.717, 1.165) is 28.5 Å². The summed E-state index contributed by atoms with van der Waals surface area (Å²) in [6, 6.07) is 3.58. The van der Waals surface area contributed by atoms with Gasteiger partial charge in [-0.2, -0.15) is 4.98 Å². The fourth-order valence-corrected chi connectivity index (χ4v) is 3.08. The Morgan fingerprint density at radius 3 is 2.72 bits per heavy atom. The highest BCUT2D eigenvalue weighted by Gasteiger charge is 2.18. The van der Waals surface area contributed by atoms with Gasteiger partial charge in [-0.3, -0.25) is 4.79 Å². The Labute approximate surface area is 150 Å². The maximum Gasteiger partial charge on any atom is 0.253 e. The number of hydrogen-bond donors (Lipinski definition) is 1. The van der Waals surface area contributed by atoms with E-state index in [-0.39, 0.29) is 18.4 Å². The van der Waals surface area contributed by atoms with Gasteiger partial charge in [-0.25, -0.2) is 9.50 Å². The molecule has 1 unspecified atom stereocenters. The number of carbonyl (C=O) groups is 1. The van der Waals surface area contributed by atoms with Crippen LogP contribution < -0.4 is 5.32 Å². The molecule has 25 heavy (non-hydrogen) atoms. The van der Waals surface area contributed by atoms with Crippen LogP contribution in [-0.4, -0.2) is 31.7 Å². The SMILES string of the molecule is CSc1nc2nc(C)c(CC(=O)NC(C)c3ccc(C)o3)c(C)n2n1. The molecule has 0 aliphatic heterocycles. The summed E-state index contributed by atoms with van der Waals surface area (Å²) < 4.78 is 7.26. The second-order valence-corrected chi connectivity index (χ2v) is 6.76. The largest absolute Gasteiger partial charge is 0.464 e. The summed E-state index contributed by atoms with van der Waals surface area (Å²) in [4.78, 5) is 21.3. The zero-order valence-electron chi connectivity index (χ0n) is 15.0. The first-order chi connectivity index (χ1) is 11.9. The molecule has 3 aromatic rings. The average Bonchev–Trinajstić information content (AvgIpc) is 3.17. The van der Waals surface area contributed by atoms with Crippen LogP contribution in [0, 0.1) is 20.8 Å². The molecule has 0 saturated heterocycles. The highest BCUT2D eigenvalue weighted by Crippen LogP contribution is 2.19. The third-order valence-corrected chi connectivity index (χ3v) is 4.65. The number of carbonyl (C=O) groups excluding carboxylic acids is 1. The van der Waals surface area contributed by atoms with E-state index in [1.807, 2.05) is 46.1 Å². The number of rotatable bonds is 5. The molecule has 1 N–H and O–H groups in total. The quantitative estimate of drug-likeness (QED) is 0.705. The standard InChI is InChI=1S/C17H21N5O2S/c1-9-6-7-14(24-9)11(3)18-15(23)8-13-10(2)19-16-20-17(25-5)21-22(16)12(13)4/h6-7,11H,8H2,1-5H3,(H,18,23). The highest BCUT2D eigenvalue weighted by atomic mass is 32.2.